The molecule has 1 amide bonds. The molecule has 1 aromatic heterocycles. The van der Waals surface area contributed by atoms with E-state index in [0.717, 1.165) is 21.0 Å². The first-order valence-electron chi connectivity index (χ1n) is 9.95. The topological polar surface area (TPSA) is 66.5 Å². The van der Waals surface area contributed by atoms with E-state index in [1.54, 1.807) is 42.5 Å². The van der Waals surface area contributed by atoms with E-state index in [0.29, 0.717) is 17.1 Å². The second-order valence-electron chi connectivity index (χ2n) is 7.25. The lowest BCUT2D eigenvalue weighted by molar-refractivity contribution is 0.0958. The molecule has 0 aliphatic heterocycles. The van der Waals surface area contributed by atoms with E-state index in [9.17, 15) is 13.2 Å². The fourth-order valence-corrected chi connectivity index (χ4v) is 5.71. The van der Waals surface area contributed by atoms with Crippen LogP contribution in [0.25, 0.3) is 10.1 Å². The van der Waals surface area contributed by atoms with Crippen molar-refractivity contribution in [2.75, 3.05) is 17.9 Å². The molecular formula is C24H21BrN2O3S2. The van der Waals surface area contributed by atoms with Crippen LogP contribution in [0.5, 0.6) is 0 Å². The molecule has 0 bridgehead atoms. The van der Waals surface area contributed by atoms with Crippen molar-refractivity contribution in [3.63, 3.8) is 0 Å². The van der Waals surface area contributed by atoms with Crippen LogP contribution < -0.4 is 9.62 Å². The lowest BCUT2D eigenvalue weighted by Gasteiger charge is -2.19. The highest BCUT2D eigenvalue weighted by Gasteiger charge is 2.22. The van der Waals surface area contributed by atoms with E-state index in [1.165, 1.54) is 28.3 Å². The van der Waals surface area contributed by atoms with Crippen molar-refractivity contribution in [3.8, 4) is 0 Å². The van der Waals surface area contributed by atoms with Gasteiger partial charge in [0.1, 0.15) is 0 Å². The van der Waals surface area contributed by atoms with Crippen LogP contribution in [0.4, 0.5) is 5.69 Å². The number of fused-ring (bicyclic) bond motifs is 1. The van der Waals surface area contributed by atoms with Crippen LogP contribution in [0.15, 0.2) is 88.2 Å². The smallest absolute Gasteiger partial charge is 0.264 e. The van der Waals surface area contributed by atoms with Gasteiger partial charge in [0.2, 0.25) is 0 Å². The molecule has 0 spiro atoms. The maximum atomic E-state index is 13.0. The van der Waals surface area contributed by atoms with E-state index >= 15 is 0 Å². The van der Waals surface area contributed by atoms with Crippen molar-refractivity contribution >= 4 is 59.0 Å². The van der Waals surface area contributed by atoms with Crippen molar-refractivity contribution in [3.05, 3.63) is 93.8 Å². The predicted molar refractivity (Wildman–Crippen MR) is 134 cm³/mol. The first-order valence-corrected chi connectivity index (χ1v) is 13.0. The van der Waals surface area contributed by atoms with Gasteiger partial charge in [-0.15, -0.1) is 11.3 Å². The highest BCUT2D eigenvalue weighted by atomic mass is 79.9. The molecule has 0 aliphatic carbocycles. The molecule has 0 saturated carbocycles. The summed E-state index contributed by atoms with van der Waals surface area (Å²) < 4.78 is 29.0. The van der Waals surface area contributed by atoms with Gasteiger partial charge in [-0.25, -0.2) is 8.42 Å². The first-order chi connectivity index (χ1) is 15.3. The SMILES string of the molecule is CN(c1ccc2sc(C(=O)NCCc3ccccc3)cc2c1)S(=O)(=O)c1ccc(Br)cc1. The molecule has 4 rings (SSSR count). The molecule has 5 nitrogen and oxygen atoms in total. The number of nitrogens with zero attached hydrogens (tertiary/aromatic N) is 1. The van der Waals surface area contributed by atoms with Crippen LogP contribution in [0.2, 0.25) is 0 Å². The Balaban J connectivity index is 1.49. The van der Waals surface area contributed by atoms with Gasteiger partial charge in [-0.2, -0.15) is 0 Å². The number of carbonyl (C=O) groups is 1. The number of thiophene rings is 1. The molecule has 1 N–H and O–H groups in total. The predicted octanol–water partition coefficient (Wildman–Crippen LogP) is 5.46. The van der Waals surface area contributed by atoms with Crippen LogP contribution in [-0.4, -0.2) is 27.9 Å². The maximum Gasteiger partial charge on any atom is 0.264 e. The molecule has 1 heterocycles. The quantitative estimate of drug-likeness (QED) is 0.346. The first kappa shape index (κ1) is 22.5. The van der Waals surface area contributed by atoms with Crippen molar-refractivity contribution in [2.24, 2.45) is 0 Å². The summed E-state index contributed by atoms with van der Waals surface area (Å²) >= 11 is 4.72. The molecule has 164 valence electrons. The zero-order valence-corrected chi connectivity index (χ0v) is 20.5. The Morgan fingerprint density at radius 3 is 2.44 bits per heavy atom. The maximum absolute atomic E-state index is 13.0. The minimum atomic E-state index is -3.69. The zero-order chi connectivity index (χ0) is 22.7. The van der Waals surface area contributed by atoms with E-state index < -0.39 is 10.0 Å². The molecule has 3 aromatic carbocycles. The average molecular weight is 529 g/mol. The van der Waals surface area contributed by atoms with Gasteiger partial charge >= 0.3 is 0 Å². The van der Waals surface area contributed by atoms with Crippen LogP contribution >= 0.6 is 27.3 Å². The van der Waals surface area contributed by atoms with Crippen LogP contribution in [0, 0.1) is 0 Å². The Morgan fingerprint density at radius 1 is 1.00 bits per heavy atom. The highest BCUT2D eigenvalue weighted by Crippen LogP contribution is 2.31. The van der Waals surface area contributed by atoms with Gasteiger partial charge < -0.3 is 5.32 Å². The Kier molecular flexibility index (Phi) is 6.64. The number of hydrogen-bond acceptors (Lipinski definition) is 4. The number of halogens is 1. The molecule has 4 aromatic rings. The summed E-state index contributed by atoms with van der Waals surface area (Å²) in [6, 6.07) is 23.7. The summed E-state index contributed by atoms with van der Waals surface area (Å²) in [5.74, 6) is -0.125. The Morgan fingerprint density at radius 2 is 1.72 bits per heavy atom. The molecule has 0 fully saturated rings. The summed E-state index contributed by atoms with van der Waals surface area (Å²) in [4.78, 5) is 13.4. The van der Waals surface area contributed by atoms with Crippen molar-refractivity contribution < 1.29 is 13.2 Å². The van der Waals surface area contributed by atoms with Gasteiger partial charge in [-0.3, -0.25) is 9.10 Å². The number of amides is 1. The molecule has 0 radical (unpaired) electrons. The van der Waals surface area contributed by atoms with Crippen molar-refractivity contribution in [1.82, 2.24) is 5.32 Å². The normalized spacial score (nSPS) is 11.4. The van der Waals surface area contributed by atoms with Crippen molar-refractivity contribution in [1.29, 1.82) is 0 Å². The molecular weight excluding hydrogens is 508 g/mol. The van der Waals surface area contributed by atoms with Gasteiger partial charge in [0.25, 0.3) is 15.9 Å². The third kappa shape index (κ3) is 4.87. The standard InChI is InChI=1S/C24H21BrN2O3S2/c1-27(32(29,30)21-10-7-19(25)8-11-21)20-9-12-22-18(15-20)16-23(31-22)24(28)26-14-13-17-5-3-2-4-6-17/h2-12,15-16H,13-14H2,1H3,(H,26,28). The highest BCUT2D eigenvalue weighted by molar-refractivity contribution is 9.10. The van der Waals surface area contributed by atoms with Crippen LogP contribution in [-0.2, 0) is 16.4 Å². The minimum absolute atomic E-state index is 0.125. The summed E-state index contributed by atoms with van der Waals surface area (Å²) in [5, 5.41) is 3.79. The van der Waals surface area contributed by atoms with E-state index in [4.69, 9.17) is 0 Å². The number of carbonyl (C=O) groups excluding carboxylic acids is 1. The van der Waals surface area contributed by atoms with Crippen molar-refractivity contribution in [2.45, 2.75) is 11.3 Å². The lowest BCUT2D eigenvalue weighted by Crippen LogP contribution is -2.26. The monoisotopic (exact) mass is 528 g/mol. The fraction of sp³-hybridized carbons (Fsp3) is 0.125. The summed E-state index contributed by atoms with van der Waals surface area (Å²) in [6.07, 6.45) is 0.764. The minimum Gasteiger partial charge on any atom is -0.351 e. The zero-order valence-electron chi connectivity index (χ0n) is 17.3. The van der Waals surface area contributed by atoms with E-state index in [1.807, 2.05) is 36.4 Å². The van der Waals surface area contributed by atoms with Gasteiger partial charge in [-0.1, -0.05) is 46.3 Å². The van der Waals surface area contributed by atoms with Crippen LogP contribution in [0.1, 0.15) is 15.2 Å². The number of nitrogens with one attached hydrogen (secondary N) is 1. The fourth-order valence-electron chi connectivity index (χ4n) is 3.29. The molecule has 0 atom stereocenters. The third-order valence-corrected chi connectivity index (χ3v) is 8.54. The number of rotatable bonds is 7. The molecule has 8 heteroatoms. The second-order valence-corrected chi connectivity index (χ2v) is 11.2. The van der Waals surface area contributed by atoms with Gasteiger partial charge in [0, 0.05) is 22.8 Å². The van der Waals surface area contributed by atoms with E-state index in [2.05, 4.69) is 21.2 Å². The Labute approximate surface area is 199 Å². The molecule has 32 heavy (non-hydrogen) atoms. The summed E-state index contributed by atoms with van der Waals surface area (Å²) in [7, 11) is -2.16. The molecule has 0 aliphatic rings. The second kappa shape index (κ2) is 9.44. The van der Waals surface area contributed by atoms with Gasteiger partial charge in [0.15, 0.2) is 0 Å². The van der Waals surface area contributed by atoms with E-state index in [-0.39, 0.29) is 10.8 Å². The number of sulfonamides is 1. The summed E-state index contributed by atoms with van der Waals surface area (Å²) in [6.45, 7) is 0.552. The Bertz CT molecular complexity index is 1350. The van der Waals surface area contributed by atoms with Gasteiger partial charge in [0.05, 0.1) is 15.5 Å². The summed E-state index contributed by atoms with van der Waals surface area (Å²) in [5.41, 5.74) is 1.71. The number of hydrogen-bond donors (Lipinski definition) is 1. The number of anilines is 1. The Hall–Kier alpha value is -2.68. The number of benzene rings is 3. The third-order valence-electron chi connectivity index (χ3n) is 5.10. The average Bonchev–Trinajstić information content (AvgIpc) is 3.23. The molecule has 0 saturated heterocycles. The lowest BCUT2D eigenvalue weighted by atomic mass is 10.1. The van der Waals surface area contributed by atoms with Crippen LogP contribution in [0.3, 0.4) is 0 Å². The van der Waals surface area contributed by atoms with Gasteiger partial charge in [-0.05, 0) is 65.9 Å². The largest absolute Gasteiger partial charge is 0.351 e. The molecule has 0 unspecified atom stereocenters.